The zero-order valence-corrected chi connectivity index (χ0v) is 11.0. The molecule has 0 fully saturated rings. The Bertz CT molecular complexity index is 617. The number of rotatable bonds is 4. The molecule has 2 aromatic rings. The van der Waals surface area contributed by atoms with Gasteiger partial charge in [0, 0.05) is 16.9 Å². The molecule has 98 valence electrons. The molecule has 0 saturated heterocycles. The summed E-state index contributed by atoms with van der Waals surface area (Å²) in [5.41, 5.74) is 1.44. The lowest BCUT2D eigenvalue weighted by Gasteiger charge is -2.09. The van der Waals surface area contributed by atoms with Gasteiger partial charge in [-0.1, -0.05) is 11.6 Å². The first-order chi connectivity index (χ1) is 9.06. The zero-order valence-electron chi connectivity index (χ0n) is 10.2. The Hall–Kier alpha value is -2.14. The molecule has 2 rings (SSSR count). The first-order valence-corrected chi connectivity index (χ1v) is 5.99. The molecule has 5 nitrogen and oxygen atoms in total. The Morgan fingerprint density at radius 3 is 2.89 bits per heavy atom. The average Bonchev–Trinajstić information content (AvgIpc) is 2.37. The van der Waals surface area contributed by atoms with Crippen LogP contribution >= 0.6 is 11.6 Å². The van der Waals surface area contributed by atoms with E-state index < -0.39 is 5.97 Å². The number of carbonyl (C=O) groups is 1. The van der Waals surface area contributed by atoms with Crippen LogP contribution in [0.15, 0.2) is 30.5 Å². The fourth-order valence-electron chi connectivity index (χ4n) is 1.64. The van der Waals surface area contributed by atoms with Crippen LogP contribution in [0.1, 0.15) is 21.9 Å². The van der Waals surface area contributed by atoms with Crippen molar-refractivity contribution in [1.29, 1.82) is 0 Å². The van der Waals surface area contributed by atoms with Gasteiger partial charge in [-0.05, 0) is 31.2 Å². The molecule has 0 aliphatic heterocycles. The monoisotopic (exact) mass is 277 g/mol. The van der Waals surface area contributed by atoms with Crippen LogP contribution in [0.2, 0.25) is 5.02 Å². The fourth-order valence-corrected chi connectivity index (χ4v) is 1.81. The van der Waals surface area contributed by atoms with E-state index in [2.05, 4.69) is 15.3 Å². The third-order valence-corrected chi connectivity index (χ3v) is 2.74. The minimum absolute atomic E-state index is 0.137. The normalized spacial score (nSPS) is 10.2. The Morgan fingerprint density at radius 1 is 1.42 bits per heavy atom. The van der Waals surface area contributed by atoms with E-state index in [1.165, 1.54) is 6.07 Å². The third-order valence-electron chi connectivity index (χ3n) is 2.51. The van der Waals surface area contributed by atoms with E-state index in [1.54, 1.807) is 31.3 Å². The van der Waals surface area contributed by atoms with Crippen LogP contribution in [0, 0.1) is 6.92 Å². The molecule has 1 aromatic heterocycles. The zero-order chi connectivity index (χ0) is 13.8. The minimum Gasteiger partial charge on any atom is -0.478 e. The molecule has 1 aromatic carbocycles. The van der Waals surface area contributed by atoms with Gasteiger partial charge in [0.15, 0.2) is 0 Å². The average molecular weight is 278 g/mol. The summed E-state index contributed by atoms with van der Waals surface area (Å²) >= 11 is 5.79. The van der Waals surface area contributed by atoms with Gasteiger partial charge in [-0.25, -0.2) is 14.8 Å². The molecule has 0 aliphatic rings. The van der Waals surface area contributed by atoms with E-state index in [-0.39, 0.29) is 5.56 Å². The minimum atomic E-state index is -1.02. The molecular weight excluding hydrogens is 266 g/mol. The number of nitrogens with one attached hydrogen (secondary N) is 1. The predicted molar refractivity (Wildman–Crippen MR) is 72.5 cm³/mol. The number of hydrogen-bond acceptors (Lipinski definition) is 4. The number of hydrogen-bond donors (Lipinski definition) is 2. The van der Waals surface area contributed by atoms with Crippen molar-refractivity contribution in [3.8, 4) is 0 Å². The topological polar surface area (TPSA) is 75.1 Å². The molecule has 0 unspecified atom stereocenters. The van der Waals surface area contributed by atoms with Crippen LogP contribution in [0.4, 0.5) is 5.69 Å². The number of aromatic carboxylic acids is 1. The number of carboxylic acid groups (broad SMARTS) is 1. The highest BCUT2D eigenvalue weighted by molar-refractivity contribution is 6.31. The lowest BCUT2D eigenvalue weighted by molar-refractivity contribution is 0.0698. The van der Waals surface area contributed by atoms with Crippen molar-refractivity contribution in [2.24, 2.45) is 0 Å². The Kier molecular flexibility index (Phi) is 3.97. The molecule has 0 atom stereocenters. The van der Waals surface area contributed by atoms with Crippen molar-refractivity contribution in [2.75, 3.05) is 5.32 Å². The molecule has 0 amide bonds. The van der Waals surface area contributed by atoms with Crippen molar-refractivity contribution >= 4 is 23.3 Å². The van der Waals surface area contributed by atoms with Crippen molar-refractivity contribution in [1.82, 2.24) is 9.97 Å². The Morgan fingerprint density at radius 2 is 2.21 bits per heavy atom. The van der Waals surface area contributed by atoms with Gasteiger partial charge in [0.1, 0.15) is 5.82 Å². The number of halogens is 1. The van der Waals surface area contributed by atoms with Crippen molar-refractivity contribution in [2.45, 2.75) is 13.5 Å². The van der Waals surface area contributed by atoms with Crippen molar-refractivity contribution in [3.63, 3.8) is 0 Å². The summed E-state index contributed by atoms with van der Waals surface area (Å²) < 4.78 is 0. The number of aromatic nitrogens is 2. The molecule has 6 heteroatoms. The van der Waals surface area contributed by atoms with E-state index >= 15 is 0 Å². The summed E-state index contributed by atoms with van der Waals surface area (Å²) in [6, 6.07) is 6.47. The number of carboxylic acids is 1. The smallest absolute Gasteiger partial charge is 0.337 e. The maximum Gasteiger partial charge on any atom is 0.337 e. The van der Waals surface area contributed by atoms with E-state index in [9.17, 15) is 4.79 Å². The molecule has 19 heavy (non-hydrogen) atoms. The molecule has 0 spiro atoms. The van der Waals surface area contributed by atoms with Gasteiger partial charge in [-0.2, -0.15) is 0 Å². The summed E-state index contributed by atoms with van der Waals surface area (Å²) in [6.45, 7) is 2.22. The fraction of sp³-hybridized carbons (Fsp3) is 0.154. The van der Waals surface area contributed by atoms with E-state index in [1.807, 2.05) is 0 Å². The van der Waals surface area contributed by atoms with E-state index in [0.29, 0.717) is 23.1 Å². The van der Waals surface area contributed by atoms with Crippen LogP contribution in [-0.2, 0) is 6.54 Å². The molecule has 0 radical (unpaired) electrons. The first kappa shape index (κ1) is 13.3. The molecule has 0 saturated carbocycles. The highest BCUT2D eigenvalue weighted by Gasteiger charge is 2.10. The predicted octanol–water partition coefficient (Wildman–Crippen LogP) is 2.75. The van der Waals surface area contributed by atoms with Gasteiger partial charge in [-0.15, -0.1) is 0 Å². The van der Waals surface area contributed by atoms with E-state index in [0.717, 1.165) is 5.69 Å². The number of aryl methyl sites for hydroxylation is 1. The number of benzene rings is 1. The van der Waals surface area contributed by atoms with Gasteiger partial charge < -0.3 is 10.4 Å². The standard InChI is InChI=1S/C13H12ClN3O2/c1-8-15-5-4-10(17-8)7-16-12-3-2-9(14)6-11(12)13(18)19/h2-6,16H,7H2,1H3,(H,18,19). The van der Waals surface area contributed by atoms with Gasteiger partial charge in [0.05, 0.1) is 17.8 Å². The SMILES string of the molecule is Cc1nccc(CNc2ccc(Cl)cc2C(=O)O)n1. The molecule has 2 N–H and O–H groups in total. The van der Waals surface area contributed by atoms with Gasteiger partial charge in [-0.3, -0.25) is 0 Å². The largest absolute Gasteiger partial charge is 0.478 e. The van der Waals surface area contributed by atoms with Crippen LogP contribution in [0.3, 0.4) is 0 Å². The molecular formula is C13H12ClN3O2. The van der Waals surface area contributed by atoms with Crippen molar-refractivity contribution < 1.29 is 9.90 Å². The summed E-state index contributed by atoms with van der Waals surface area (Å²) in [5.74, 6) is -0.349. The summed E-state index contributed by atoms with van der Waals surface area (Å²) in [6.07, 6.45) is 1.67. The van der Waals surface area contributed by atoms with E-state index in [4.69, 9.17) is 16.7 Å². The molecule has 0 bridgehead atoms. The van der Waals surface area contributed by atoms with Gasteiger partial charge in [0.2, 0.25) is 0 Å². The van der Waals surface area contributed by atoms with Crippen LogP contribution in [-0.4, -0.2) is 21.0 Å². The third kappa shape index (κ3) is 3.42. The first-order valence-electron chi connectivity index (χ1n) is 5.61. The highest BCUT2D eigenvalue weighted by Crippen LogP contribution is 2.21. The lowest BCUT2D eigenvalue weighted by atomic mass is 10.1. The number of anilines is 1. The lowest BCUT2D eigenvalue weighted by Crippen LogP contribution is -2.08. The maximum absolute atomic E-state index is 11.1. The van der Waals surface area contributed by atoms with Crippen LogP contribution in [0.25, 0.3) is 0 Å². The second-order valence-corrected chi connectivity index (χ2v) is 4.38. The van der Waals surface area contributed by atoms with Gasteiger partial charge >= 0.3 is 5.97 Å². The Balaban J connectivity index is 2.17. The van der Waals surface area contributed by atoms with Crippen LogP contribution in [0.5, 0.6) is 0 Å². The van der Waals surface area contributed by atoms with Gasteiger partial charge in [0.25, 0.3) is 0 Å². The quantitative estimate of drug-likeness (QED) is 0.899. The summed E-state index contributed by atoms with van der Waals surface area (Å²) in [7, 11) is 0. The Labute approximate surface area is 115 Å². The summed E-state index contributed by atoms with van der Waals surface area (Å²) in [4.78, 5) is 19.4. The number of nitrogens with zero attached hydrogens (tertiary/aromatic N) is 2. The highest BCUT2D eigenvalue weighted by atomic mass is 35.5. The van der Waals surface area contributed by atoms with Crippen molar-refractivity contribution in [3.05, 3.63) is 52.6 Å². The molecule has 0 aliphatic carbocycles. The maximum atomic E-state index is 11.1. The second kappa shape index (κ2) is 5.67. The van der Waals surface area contributed by atoms with Crippen LogP contribution < -0.4 is 5.32 Å². The molecule has 1 heterocycles. The summed E-state index contributed by atoms with van der Waals surface area (Å²) in [5, 5.41) is 12.5. The second-order valence-electron chi connectivity index (χ2n) is 3.94.